The van der Waals surface area contributed by atoms with Crippen LogP contribution in [0.1, 0.15) is 30.9 Å². The predicted octanol–water partition coefficient (Wildman–Crippen LogP) is 3.49. The maximum Gasteiger partial charge on any atom is 0.243 e. The lowest BCUT2D eigenvalue weighted by Crippen LogP contribution is -2.39. The van der Waals surface area contributed by atoms with Crippen LogP contribution in [-0.2, 0) is 10.0 Å². The van der Waals surface area contributed by atoms with Crippen molar-refractivity contribution in [3.8, 4) is 0 Å². The zero-order chi connectivity index (χ0) is 14.2. The van der Waals surface area contributed by atoms with Crippen LogP contribution in [-0.4, -0.2) is 25.8 Å². The van der Waals surface area contributed by atoms with E-state index in [1.165, 1.54) is 0 Å². The third kappa shape index (κ3) is 3.03. The smallest absolute Gasteiger partial charge is 0.207 e. The van der Waals surface area contributed by atoms with Gasteiger partial charge >= 0.3 is 0 Å². The highest BCUT2D eigenvalue weighted by Crippen LogP contribution is 2.29. The number of nitrogens with zero attached hydrogens (tertiary/aromatic N) is 1. The molecule has 3 nitrogen and oxygen atoms in total. The van der Waals surface area contributed by atoms with E-state index in [1.807, 2.05) is 19.9 Å². The van der Waals surface area contributed by atoms with Crippen molar-refractivity contribution in [2.24, 2.45) is 5.92 Å². The van der Waals surface area contributed by atoms with Crippen LogP contribution in [0.25, 0.3) is 0 Å². The molecule has 1 heterocycles. The van der Waals surface area contributed by atoms with E-state index in [9.17, 15) is 8.42 Å². The molecule has 1 aromatic rings. The summed E-state index contributed by atoms with van der Waals surface area (Å²) in [6, 6.07) is 3.66. The minimum Gasteiger partial charge on any atom is -0.207 e. The van der Waals surface area contributed by atoms with Crippen molar-refractivity contribution in [2.75, 3.05) is 13.1 Å². The number of aryl methyl sites for hydroxylation is 2. The van der Waals surface area contributed by atoms with E-state index in [1.54, 1.807) is 10.4 Å². The monoisotopic (exact) mass is 345 g/mol. The van der Waals surface area contributed by atoms with Crippen LogP contribution >= 0.6 is 15.9 Å². The Bertz CT molecular complexity index is 583. The van der Waals surface area contributed by atoms with Crippen LogP contribution in [0.3, 0.4) is 0 Å². The van der Waals surface area contributed by atoms with Gasteiger partial charge in [-0.25, -0.2) is 8.42 Å². The fourth-order valence-electron chi connectivity index (χ4n) is 2.54. The molecule has 106 valence electrons. The first-order valence-corrected chi connectivity index (χ1v) is 8.82. The van der Waals surface area contributed by atoms with Gasteiger partial charge in [0.05, 0.1) is 4.90 Å². The third-order valence-corrected chi connectivity index (χ3v) is 6.56. The molecule has 19 heavy (non-hydrogen) atoms. The Morgan fingerprint density at radius 1 is 1.26 bits per heavy atom. The second-order valence-corrected chi connectivity index (χ2v) is 8.24. The molecule has 0 aromatic heterocycles. The predicted molar refractivity (Wildman–Crippen MR) is 80.8 cm³/mol. The molecule has 2 rings (SSSR count). The van der Waals surface area contributed by atoms with Gasteiger partial charge in [-0.3, -0.25) is 0 Å². The first-order chi connectivity index (χ1) is 8.82. The first-order valence-electron chi connectivity index (χ1n) is 6.59. The summed E-state index contributed by atoms with van der Waals surface area (Å²) in [5.41, 5.74) is 1.75. The number of hydrogen-bond donors (Lipinski definition) is 0. The largest absolute Gasteiger partial charge is 0.243 e. The molecule has 1 aliphatic rings. The lowest BCUT2D eigenvalue weighted by atomic mass is 10.0. The Hall–Kier alpha value is -0.390. The fraction of sp³-hybridized carbons (Fsp3) is 0.571. The second-order valence-electron chi connectivity index (χ2n) is 5.48. The first kappa shape index (κ1) is 15.0. The van der Waals surface area contributed by atoms with Crippen LogP contribution < -0.4 is 0 Å². The summed E-state index contributed by atoms with van der Waals surface area (Å²) in [4.78, 5) is 0.447. The molecule has 0 bridgehead atoms. The Kier molecular flexibility index (Phi) is 4.38. The summed E-state index contributed by atoms with van der Waals surface area (Å²) in [6.07, 6.45) is 2.07. The van der Waals surface area contributed by atoms with Crippen molar-refractivity contribution < 1.29 is 8.42 Å². The Morgan fingerprint density at radius 2 is 1.95 bits per heavy atom. The number of sulfonamides is 1. The molecule has 0 radical (unpaired) electrons. The van der Waals surface area contributed by atoms with Gasteiger partial charge in [-0.1, -0.05) is 22.9 Å². The lowest BCUT2D eigenvalue weighted by molar-refractivity contribution is 0.281. The standard InChI is InChI=1S/C14H20BrNO2S/c1-10-5-4-6-16(9-10)19(17,18)14-8-11(2)13(15)7-12(14)3/h7-8,10H,4-6,9H2,1-3H3/t10-/m0/s1. The zero-order valence-electron chi connectivity index (χ0n) is 11.6. The molecule has 5 heteroatoms. The van der Waals surface area contributed by atoms with Gasteiger partial charge in [0.1, 0.15) is 0 Å². The van der Waals surface area contributed by atoms with Gasteiger partial charge in [-0.2, -0.15) is 4.31 Å². The zero-order valence-corrected chi connectivity index (χ0v) is 14.0. The van der Waals surface area contributed by atoms with Crippen LogP contribution in [0.2, 0.25) is 0 Å². The normalized spacial score (nSPS) is 21.6. The summed E-state index contributed by atoms with van der Waals surface area (Å²) < 4.78 is 28.0. The SMILES string of the molecule is Cc1cc(S(=O)(=O)N2CCC[C@H](C)C2)c(C)cc1Br. The van der Waals surface area contributed by atoms with Crippen molar-refractivity contribution in [3.63, 3.8) is 0 Å². The van der Waals surface area contributed by atoms with Crippen molar-refractivity contribution >= 4 is 26.0 Å². The van der Waals surface area contributed by atoms with Gasteiger partial charge in [0.2, 0.25) is 10.0 Å². The topological polar surface area (TPSA) is 37.4 Å². The minimum atomic E-state index is -3.35. The van der Waals surface area contributed by atoms with Crippen LogP contribution in [0.15, 0.2) is 21.5 Å². The fourth-order valence-corrected chi connectivity index (χ4v) is 4.88. The van der Waals surface area contributed by atoms with Crippen molar-refractivity contribution in [1.82, 2.24) is 4.31 Å². The average Bonchev–Trinajstić information content (AvgIpc) is 2.33. The molecule has 1 atom stereocenters. The highest BCUT2D eigenvalue weighted by molar-refractivity contribution is 9.10. The Balaban J connectivity index is 2.42. The van der Waals surface area contributed by atoms with Gasteiger partial charge in [0.25, 0.3) is 0 Å². The molecule has 0 spiro atoms. The van der Waals surface area contributed by atoms with Crippen LogP contribution in [0, 0.1) is 19.8 Å². The average molecular weight is 346 g/mol. The quantitative estimate of drug-likeness (QED) is 0.822. The van der Waals surface area contributed by atoms with E-state index in [-0.39, 0.29) is 0 Å². The molecule has 0 N–H and O–H groups in total. The van der Waals surface area contributed by atoms with E-state index in [4.69, 9.17) is 0 Å². The molecule has 0 unspecified atom stereocenters. The molecule has 1 fully saturated rings. The highest BCUT2D eigenvalue weighted by atomic mass is 79.9. The van der Waals surface area contributed by atoms with Gasteiger partial charge in [0.15, 0.2) is 0 Å². The van der Waals surface area contributed by atoms with Gasteiger partial charge < -0.3 is 0 Å². The number of halogens is 1. The van der Waals surface area contributed by atoms with Crippen LogP contribution in [0.5, 0.6) is 0 Å². The van der Waals surface area contributed by atoms with E-state index >= 15 is 0 Å². The highest BCUT2D eigenvalue weighted by Gasteiger charge is 2.29. The van der Waals surface area contributed by atoms with Crippen molar-refractivity contribution in [1.29, 1.82) is 0 Å². The molecule has 1 saturated heterocycles. The number of hydrogen-bond acceptors (Lipinski definition) is 2. The summed E-state index contributed by atoms with van der Waals surface area (Å²) in [5.74, 6) is 0.445. The third-order valence-electron chi connectivity index (χ3n) is 3.69. The molecular formula is C14H20BrNO2S. The van der Waals surface area contributed by atoms with Crippen LogP contribution in [0.4, 0.5) is 0 Å². The summed E-state index contributed by atoms with van der Waals surface area (Å²) in [7, 11) is -3.35. The summed E-state index contributed by atoms with van der Waals surface area (Å²) >= 11 is 3.44. The van der Waals surface area contributed by atoms with Crippen molar-refractivity contribution in [2.45, 2.75) is 38.5 Å². The van der Waals surface area contributed by atoms with E-state index in [2.05, 4.69) is 22.9 Å². The maximum atomic E-state index is 12.7. The number of rotatable bonds is 2. The van der Waals surface area contributed by atoms with Crippen molar-refractivity contribution in [3.05, 3.63) is 27.7 Å². The second kappa shape index (κ2) is 5.54. The Morgan fingerprint density at radius 3 is 2.58 bits per heavy atom. The van der Waals surface area contributed by atoms with Gasteiger partial charge in [-0.05, 0) is 55.9 Å². The summed E-state index contributed by atoms with van der Waals surface area (Å²) in [5, 5.41) is 0. The molecule has 1 aromatic carbocycles. The van der Waals surface area contributed by atoms with E-state index < -0.39 is 10.0 Å². The van der Waals surface area contributed by atoms with E-state index in [0.29, 0.717) is 23.9 Å². The molecule has 0 saturated carbocycles. The summed E-state index contributed by atoms with van der Waals surface area (Å²) in [6.45, 7) is 7.16. The Labute approximate surface area is 124 Å². The van der Waals surface area contributed by atoms with Gasteiger partial charge in [-0.15, -0.1) is 0 Å². The van der Waals surface area contributed by atoms with Gasteiger partial charge in [0, 0.05) is 17.6 Å². The molecule has 0 aliphatic carbocycles. The molecule has 0 amide bonds. The minimum absolute atomic E-state index is 0.445. The lowest BCUT2D eigenvalue weighted by Gasteiger charge is -2.30. The molecular weight excluding hydrogens is 326 g/mol. The maximum absolute atomic E-state index is 12.7. The molecule has 1 aliphatic heterocycles. The number of benzene rings is 1. The number of piperidine rings is 1. The van der Waals surface area contributed by atoms with E-state index in [0.717, 1.165) is 28.4 Å².